The summed E-state index contributed by atoms with van der Waals surface area (Å²) in [5.41, 5.74) is 6.52. The Kier molecular flexibility index (Phi) is 5.87. The van der Waals surface area contributed by atoms with Gasteiger partial charge in [-0.2, -0.15) is 12.6 Å². The van der Waals surface area contributed by atoms with Gasteiger partial charge >= 0.3 is 0 Å². The molecule has 1 fully saturated rings. The highest BCUT2D eigenvalue weighted by Gasteiger charge is 2.25. The quantitative estimate of drug-likeness (QED) is 0.718. The van der Waals surface area contributed by atoms with E-state index >= 15 is 0 Å². The molecule has 1 saturated heterocycles. The van der Waals surface area contributed by atoms with E-state index < -0.39 is 0 Å². The molecule has 1 atom stereocenters. The first kappa shape index (κ1) is 16.1. The molecule has 1 unspecified atom stereocenters. The van der Waals surface area contributed by atoms with Crippen LogP contribution in [0.1, 0.15) is 30.6 Å². The number of aromatic nitrogens is 1. The van der Waals surface area contributed by atoms with E-state index in [0.29, 0.717) is 13.1 Å². The Morgan fingerprint density at radius 3 is 2.76 bits per heavy atom. The van der Waals surface area contributed by atoms with Crippen molar-refractivity contribution in [1.82, 2.24) is 10.3 Å². The number of hydrogen-bond acceptors (Lipinski definition) is 5. The number of nitrogens with zero attached hydrogens (tertiary/aromatic N) is 2. The van der Waals surface area contributed by atoms with Crippen LogP contribution in [0.4, 0.5) is 5.82 Å². The molecule has 1 amide bonds. The van der Waals surface area contributed by atoms with Crippen LogP contribution in [0.5, 0.6) is 0 Å². The minimum Gasteiger partial charge on any atom is -0.357 e. The molecule has 0 aromatic carbocycles. The largest absolute Gasteiger partial charge is 0.357 e. The van der Waals surface area contributed by atoms with Gasteiger partial charge in [0.05, 0.1) is 0 Å². The number of anilines is 1. The SMILES string of the molecule is CC(S)c1ccc(N2CCC(C(=O)NCCN)CC2)nc1. The molecule has 0 bridgehead atoms. The molecule has 0 spiro atoms. The van der Waals surface area contributed by atoms with Gasteiger partial charge in [-0.3, -0.25) is 4.79 Å². The summed E-state index contributed by atoms with van der Waals surface area (Å²) in [5.74, 6) is 1.21. The van der Waals surface area contributed by atoms with Gasteiger partial charge in [-0.1, -0.05) is 6.07 Å². The summed E-state index contributed by atoms with van der Waals surface area (Å²) in [4.78, 5) is 18.6. The summed E-state index contributed by atoms with van der Waals surface area (Å²) in [6, 6.07) is 4.11. The fourth-order valence-electron chi connectivity index (χ4n) is 2.54. The van der Waals surface area contributed by atoms with Crippen LogP contribution in [0, 0.1) is 5.92 Å². The third kappa shape index (κ3) is 4.35. The van der Waals surface area contributed by atoms with Crippen molar-refractivity contribution in [3.8, 4) is 0 Å². The predicted octanol–water partition coefficient (Wildman–Crippen LogP) is 1.36. The number of rotatable bonds is 5. The molecule has 3 N–H and O–H groups in total. The van der Waals surface area contributed by atoms with E-state index in [-0.39, 0.29) is 17.1 Å². The highest BCUT2D eigenvalue weighted by molar-refractivity contribution is 7.80. The van der Waals surface area contributed by atoms with Gasteiger partial charge in [0.15, 0.2) is 0 Å². The summed E-state index contributed by atoms with van der Waals surface area (Å²) < 4.78 is 0. The van der Waals surface area contributed by atoms with Crippen molar-refractivity contribution in [2.45, 2.75) is 25.0 Å². The zero-order valence-electron chi connectivity index (χ0n) is 12.5. The minimum atomic E-state index is 0.101. The Hall–Kier alpha value is -1.27. The van der Waals surface area contributed by atoms with Crippen molar-refractivity contribution in [3.05, 3.63) is 23.9 Å². The van der Waals surface area contributed by atoms with E-state index in [9.17, 15) is 4.79 Å². The van der Waals surface area contributed by atoms with Crippen molar-refractivity contribution >= 4 is 24.4 Å². The summed E-state index contributed by atoms with van der Waals surface area (Å²) in [6.45, 7) is 4.81. The van der Waals surface area contributed by atoms with Crippen molar-refractivity contribution in [2.75, 3.05) is 31.1 Å². The van der Waals surface area contributed by atoms with Crippen molar-refractivity contribution in [3.63, 3.8) is 0 Å². The molecule has 2 rings (SSSR count). The van der Waals surface area contributed by atoms with E-state index in [4.69, 9.17) is 5.73 Å². The molecule has 0 aliphatic carbocycles. The lowest BCUT2D eigenvalue weighted by molar-refractivity contribution is -0.125. The van der Waals surface area contributed by atoms with Crippen molar-refractivity contribution < 1.29 is 4.79 Å². The Morgan fingerprint density at radius 2 is 2.24 bits per heavy atom. The average Bonchev–Trinajstić information content (AvgIpc) is 2.53. The topological polar surface area (TPSA) is 71.2 Å². The fourth-order valence-corrected chi connectivity index (χ4v) is 2.69. The van der Waals surface area contributed by atoms with Gasteiger partial charge in [0.1, 0.15) is 5.82 Å². The first-order valence-electron chi connectivity index (χ1n) is 7.48. The second kappa shape index (κ2) is 7.66. The van der Waals surface area contributed by atoms with Crippen LogP contribution in [0.15, 0.2) is 18.3 Å². The molecule has 5 nitrogen and oxygen atoms in total. The standard InChI is InChI=1S/C15H24N4OS/c1-11(21)13-2-3-14(18-10-13)19-8-4-12(5-9-19)15(20)17-7-6-16/h2-3,10-12,21H,4-9,16H2,1H3,(H,17,20). The monoisotopic (exact) mass is 308 g/mol. The molecule has 6 heteroatoms. The molecular formula is C15H24N4OS. The van der Waals surface area contributed by atoms with Crippen LogP contribution >= 0.6 is 12.6 Å². The van der Waals surface area contributed by atoms with Gasteiger partial charge in [0, 0.05) is 43.5 Å². The fraction of sp³-hybridized carbons (Fsp3) is 0.600. The number of thiol groups is 1. The van der Waals surface area contributed by atoms with Gasteiger partial charge in [-0.05, 0) is 31.4 Å². The highest BCUT2D eigenvalue weighted by atomic mass is 32.1. The molecule has 1 aliphatic rings. The predicted molar refractivity (Wildman–Crippen MR) is 88.6 cm³/mol. The van der Waals surface area contributed by atoms with Crippen LogP contribution in [-0.4, -0.2) is 37.1 Å². The lowest BCUT2D eigenvalue weighted by Gasteiger charge is -2.32. The average molecular weight is 308 g/mol. The van der Waals surface area contributed by atoms with Crippen LogP contribution < -0.4 is 16.0 Å². The van der Waals surface area contributed by atoms with E-state index in [1.54, 1.807) is 0 Å². The summed E-state index contributed by atoms with van der Waals surface area (Å²) >= 11 is 4.40. The Labute approximate surface area is 131 Å². The molecular weight excluding hydrogens is 284 g/mol. The molecule has 1 aliphatic heterocycles. The zero-order chi connectivity index (χ0) is 15.2. The molecule has 21 heavy (non-hydrogen) atoms. The second-order valence-electron chi connectivity index (χ2n) is 5.47. The van der Waals surface area contributed by atoms with E-state index in [1.807, 2.05) is 19.2 Å². The van der Waals surface area contributed by atoms with Gasteiger partial charge in [-0.15, -0.1) is 0 Å². The van der Waals surface area contributed by atoms with E-state index in [1.165, 1.54) is 0 Å². The highest BCUT2D eigenvalue weighted by Crippen LogP contribution is 2.24. The molecule has 0 radical (unpaired) electrons. The number of pyridine rings is 1. The maximum absolute atomic E-state index is 11.9. The number of nitrogens with two attached hydrogens (primary N) is 1. The van der Waals surface area contributed by atoms with Gasteiger partial charge < -0.3 is 16.0 Å². The summed E-state index contributed by atoms with van der Waals surface area (Å²) in [7, 11) is 0. The summed E-state index contributed by atoms with van der Waals surface area (Å²) in [5, 5.41) is 3.07. The van der Waals surface area contributed by atoms with E-state index in [2.05, 4.69) is 33.9 Å². The second-order valence-corrected chi connectivity index (χ2v) is 6.24. The van der Waals surface area contributed by atoms with Crippen LogP contribution in [0.25, 0.3) is 0 Å². The first-order chi connectivity index (χ1) is 10.1. The van der Waals surface area contributed by atoms with Crippen LogP contribution in [-0.2, 0) is 4.79 Å². The third-order valence-electron chi connectivity index (χ3n) is 3.89. The zero-order valence-corrected chi connectivity index (χ0v) is 13.4. The van der Waals surface area contributed by atoms with Crippen LogP contribution in [0.3, 0.4) is 0 Å². The van der Waals surface area contributed by atoms with Crippen molar-refractivity contribution in [2.24, 2.45) is 11.7 Å². The maximum Gasteiger partial charge on any atom is 0.223 e. The van der Waals surface area contributed by atoms with Gasteiger partial charge in [-0.25, -0.2) is 4.98 Å². The van der Waals surface area contributed by atoms with E-state index in [0.717, 1.165) is 37.3 Å². The van der Waals surface area contributed by atoms with Gasteiger partial charge in [0.25, 0.3) is 0 Å². The third-order valence-corrected chi connectivity index (χ3v) is 4.18. The van der Waals surface area contributed by atoms with Crippen molar-refractivity contribution in [1.29, 1.82) is 0 Å². The molecule has 1 aromatic heterocycles. The van der Waals surface area contributed by atoms with Gasteiger partial charge in [0.2, 0.25) is 5.91 Å². The number of hydrogen-bond donors (Lipinski definition) is 3. The number of carbonyl (C=O) groups is 1. The Morgan fingerprint density at radius 1 is 1.52 bits per heavy atom. The summed E-state index contributed by atoms with van der Waals surface area (Å²) in [6.07, 6.45) is 3.61. The minimum absolute atomic E-state index is 0.101. The maximum atomic E-state index is 11.9. The smallest absolute Gasteiger partial charge is 0.223 e. The lowest BCUT2D eigenvalue weighted by Crippen LogP contribution is -2.42. The number of piperidine rings is 1. The normalized spacial score (nSPS) is 17.6. The molecule has 0 saturated carbocycles. The Bertz CT molecular complexity index is 455. The molecule has 1 aromatic rings. The number of amides is 1. The molecule has 2 heterocycles. The van der Waals surface area contributed by atoms with Crippen LogP contribution in [0.2, 0.25) is 0 Å². The first-order valence-corrected chi connectivity index (χ1v) is 8.00. The Balaban J connectivity index is 1.87. The molecule has 116 valence electrons. The number of carbonyl (C=O) groups excluding carboxylic acids is 1. The number of nitrogens with one attached hydrogen (secondary N) is 1. The lowest BCUT2D eigenvalue weighted by atomic mass is 9.96.